The first-order valence-corrected chi connectivity index (χ1v) is 16.4. The summed E-state index contributed by atoms with van der Waals surface area (Å²) in [5, 5.41) is 0. The summed E-state index contributed by atoms with van der Waals surface area (Å²) in [5.74, 6) is 5.91. The standard InChI is InChI=1S/C35H57F/c1-2-3-4-5-6-7-28-8-10-29(11-9-28)12-13-30-14-18-32(19-15-30)34-22-24-35(25-23-34)33-20-16-31(17-21-33)26-27-36/h16-17,20-21,28-30,32,34-35H,2-15,18-19,22-27H2,1H3/t28-,29-,30-,32-,34-,35-. The van der Waals surface area contributed by atoms with Crippen LogP contribution in [0.25, 0.3) is 0 Å². The number of unbranched alkanes of at least 4 members (excludes halogenated alkanes) is 4. The SMILES string of the molecule is CCCCCCC[C@H]1CC[C@H](CC[C@H]2CC[C@H]([C@H]3CC[C@H](c4ccc(CCF)cc4)CC3)CC2)CC1. The lowest BCUT2D eigenvalue weighted by Gasteiger charge is -2.38. The van der Waals surface area contributed by atoms with Crippen molar-refractivity contribution in [2.24, 2.45) is 29.6 Å². The summed E-state index contributed by atoms with van der Waals surface area (Å²) in [4.78, 5) is 0. The third-order valence-electron chi connectivity index (χ3n) is 10.8. The molecule has 3 fully saturated rings. The smallest absolute Gasteiger partial charge is 0.0934 e. The highest BCUT2D eigenvalue weighted by Gasteiger charge is 2.31. The predicted molar refractivity (Wildman–Crippen MR) is 154 cm³/mol. The first-order valence-electron chi connectivity index (χ1n) is 16.4. The molecule has 0 bridgehead atoms. The lowest BCUT2D eigenvalue weighted by molar-refractivity contribution is 0.149. The van der Waals surface area contributed by atoms with Crippen LogP contribution >= 0.6 is 0 Å². The Kier molecular flexibility index (Phi) is 12.2. The largest absolute Gasteiger partial charge is 0.251 e. The molecule has 1 heteroatoms. The number of benzene rings is 1. The van der Waals surface area contributed by atoms with E-state index in [1.165, 1.54) is 134 Å². The quantitative estimate of drug-likeness (QED) is 0.238. The Hall–Kier alpha value is -0.850. The summed E-state index contributed by atoms with van der Waals surface area (Å²) in [6, 6.07) is 8.87. The zero-order chi connectivity index (χ0) is 25.0. The van der Waals surface area contributed by atoms with E-state index < -0.39 is 0 Å². The van der Waals surface area contributed by atoms with Gasteiger partial charge in [-0.1, -0.05) is 121 Å². The number of hydrogen-bond donors (Lipinski definition) is 0. The molecular weight excluding hydrogens is 439 g/mol. The molecule has 0 heterocycles. The number of rotatable bonds is 13. The van der Waals surface area contributed by atoms with Crippen molar-refractivity contribution >= 4 is 0 Å². The van der Waals surface area contributed by atoms with Crippen molar-refractivity contribution in [1.82, 2.24) is 0 Å². The highest BCUT2D eigenvalue weighted by atomic mass is 19.1. The second-order valence-electron chi connectivity index (χ2n) is 13.2. The summed E-state index contributed by atoms with van der Waals surface area (Å²) in [5.41, 5.74) is 2.65. The van der Waals surface area contributed by atoms with Crippen LogP contribution in [0, 0.1) is 29.6 Å². The maximum atomic E-state index is 12.6. The monoisotopic (exact) mass is 496 g/mol. The maximum absolute atomic E-state index is 12.6. The van der Waals surface area contributed by atoms with Crippen LogP contribution < -0.4 is 0 Å². The van der Waals surface area contributed by atoms with Crippen molar-refractivity contribution in [2.75, 3.05) is 6.67 Å². The van der Waals surface area contributed by atoms with Gasteiger partial charge in [0.2, 0.25) is 0 Å². The van der Waals surface area contributed by atoms with Crippen LogP contribution in [-0.2, 0) is 6.42 Å². The molecule has 4 rings (SSSR count). The van der Waals surface area contributed by atoms with Crippen LogP contribution in [0.5, 0.6) is 0 Å². The van der Waals surface area contributed by atoms with Crippen molar-refractivity contribution < 1.29 is 4.39 Å². The third-order valence-corrected chi connectivity index (χ3v) is 10.8. The molecule has 0 unspecified atom stereocenters. The molecule has 0 spiro atoms. The minimum atomic E-state index is -0.243. The van der Waals surface area contributed by atoms with Crippen LogP contribution in [0.3, 0.4) is 0 Å². The zero-order valence-electron chi connectivity index (χ0n) is 23.7. The summed E-state index contributed by atoms with van der Waals surface area (Å²) >= 11 is 0. The molecule has 0 atom stereocenters. The van der Waals surface area contributed by atoms with E-state index in [0.717, 1.165) is 41.1 Å². The molecule has 0 saturated heterocycles. The third kappa shape index (κ3) is 8.87. The molecular formula is C35H57F. The Bertz CT molecular complexity index is 684. The van der Waals surface area contributed by atoms with Gasteiger partial charge in [-0.3, -0.25) is 4.39 Å². The van der Waals surface area contributed by atoms with Crippen molar-refractivity contribution in [3.63, 3.8) is 0 Å². The number of halogens is 1. The van der Waals surface area contributed by atoms with Gasteiger partial charge in [-0.2, -0.15) is 0 Å². The van der Waals surface area contributed by atoms with Gasteiger partial charge in [-0.25, -0.2) is 0 Å². The summed E-state index contributed by atoms with van der Waals surface area (Å²) in [7, 11) is 0. The Balaban J connectivity index is 1.06. The van der Waals surface area contributed by atoms with Gasteiger partial charge in [-0.05, 0) is 85.2 Å². The Morgan fingerprint density at radius 1 is 0.583 bits per heavy atom. The van der Waals surface area contributed by atoms with E-state index in [-0.39, 0.29) is 6.67 Å². The van der Waals surface area contributed by atoms with Crippen molar-refractivity contribution in [1.29, 1.82) is 0 Å². The number of hydrogen-bond acceptors (Lipinski definition) is 0. The number of aryl methyl sites for hydroxylation is 1. The van der Waals surface area contributed by atoms with Crippen LogP contribution in [0.4, 0.5) is 4.39 Å². The molecule has 3 aliphatic rings. The molecule has 0 aromatic heterocycles. The van der Waals surface area contributed by atoms with Gasteiger partial charge in [0.1, 0.15) is 0 Å². The minimum absolute atomic E-state index is 0.243. The summed E-state index contributed by atoms with van der Waals surface area (Å²) in [6.45, 7) is 2.08. The molecule has 0 radical (unpaired) electrons. The van der Waals surface area contributed by atoms with E-state index in [2.05, 4.69) is 31.2 Å². The highest BCUT2D eigenvalue weighted by molar-refractivity contribution is 5.26. The zero-order valence-corrected chi connectivity index (χ0v) is 23.7. The first kappa shape index (κ1) is 28.2. The van der Waals surface area contributed by atoms with E-state index in [4.69, 9.17) is 0 Å². The van der Waals surface area contributed by atoms with Gasteiger partial charge in [0.25, 0.3) is 0 Å². The van der Waals surface area contributed by atoms with Crippen LogP contribution in [0.1, 0.15) is 152 Å². The normalized spacial score (nSPS) is 31.4. The lowest BCUT2D eigenvalue weighted by atomic mass is 9.67. The Labute approximate surface area is 223 Å². The fourth-order valence-electron chi connectivity index (χ4n) is 8.25. The Morgan fingerprint density at radius 3 is 1.64 bits per heavy atom. The van der Waals surface area contributed by atoms with E-state index in [9.17, 15) is 4.39 Å². The molecule has 1 aromatic carbocycles. The van der Waals surface area contributed by atoms with Crippen LogP contribution in [0.15, 0.2) is 24.3 Å². The molecule has 204 valence electrons. The molecule has 3 saturated carbocycles. The van der Waals surface area contributed by atoms with Gasteiger partial charge in [0.05, 0.1) is 6.67 Å². The van der Waals surface area contributed by atoms with Gasteiger partial charge in [0, 0.05) is 6.42 Å². The minimum Gasteiger partial charge on any atom is -0.251 e. The first-order chi connectivity index (χ1) is 17.7. The van der Waals surface area contributed by atoms with Crippen LogP contribution in [-0.4, -0.2) is 6.67 Å². The van der Waals surface area contributed by atoms with Gasteiger partial charge < -0.3 is 0 Å². The molecule has 0 aliphatic heterocycles. The van der Waals surface area contributed by atoms with E-state index in [1.807, 2.05) is 0 Å². The maximum Gasteiger partial charge on any atom is 0.0934 e. The molecule has 3 aliphatic carbocycles. The molecule has 36 heavy (non-hydrogen) atoms. The average Bonchev–Trinajstić information content (AvgIpc) is 2.93. The van der Waals surface area contributed by atoms with E-state index >= 15 is 0 Å². The predicted octanol–water partition coefficient (Wildman–Crippen LogP) is 11.2. The highest BCUT2D eigenvalue weighted by Crippen LogP contribution is 2.45. The van der Waals surface area contributed by atoms with Crippen molar-refractivity contribution in [3.8, 4) is 0 Å². The van der Waals surface area contributed by atoms with Crippen molar-refractivity contribution in [3.05, 3.63) is 35.4 Å². The summed E-state index contributed by atoms with van der Waals surface area (Å²) in [6.07, 6.45) is 30.2. The van der Waals surface area contributed by atoms with E-state index in [0.29, 0.717) is 6.42 Å². The topological polar surface area (TPSA) is 0 Å². The Morgan fingerprint density at radius 2 is 1.08 bits per heavy atom. The van der Waals surface area contributed by atoms with Gasteiger partial charge >= 0.3 is 0 Å². The molecule has 0 N–H and O–H groups in total. The fourth-order valence-corrected chi connectivity index (χ4v) is 8.25. The van der Waals surface area contributed by atoms with Gasteiger partial charge in [0.15, 0.2) is 0 Å². The lowest BCUT2D eigenvalue weighted by Crippen LogP contribution is -2.25. The van der Waals surface area contributed by atoms with Crippen LogP contribution in [0.2, 0.25) is 0 Å². The van der Waals surface area contributed by atoms with Crippen molar-refractivity contribution in [2.45, 2.75) is 148 Å². The molecule has 0 nitrogen and oxygen atoms in total. The second-order valence-corrected chi connectivity index (χ2v) is 13.2. The van der Waals surface area contributed by atoms with E-state index in [1.54, 1.807) is 0 Å². The molecule has 0 amide bonds. The number of alkyl halides is 1. The summed E-state index contributed by atoms with van der Waals surface area (Å²) < 4.78 is 12.6. The molecule has 1 aromatic rings. The average molecular weight is 497 g/mol. The fraction of sp³-hybridized carbons (Fsp3) is 0.829. The second kappa shape index (κ2) is 15.5. The van der Waals surface area contributed by atoms with Gasteiger partial charge in [-0.15, -0.1) is 0 Å².